The van der Waals surface area contributed by atoms with Crippen molar-refractivity contribution in [2.24, 2.45) is 5.41 Å². The fourth-order valence-electron chi connectivity index (χ4n) is 3.53. The number of rotatable bonds is 7. The lowest BCUT2D eigenvalue weighted by Crippen LogP contribution is -2.47. The van der Waals surface area contributed by atoms with Gasteiger partial charge in [0, 0.05) is 12.8 Å². The summed E-state index contributed by atoms with van der Waals surface area (Å²) < 4.78 is 11.2. The number of benzene rings is 2. The summed E-state index contributed by atoms with van der Waals surface area (Å²) in [7, 11) is 1.66. The van der Waals surface area contributed by atoms with Crippen LogP contribution in [0, 0.1) is 12.3 Å². The molecule has 1 saturated heterocycles. The molecule has 1 heterocycles. The molecule has 0 unspecified atom stereocenters. The van der Waals surface area contributed by atoms with Crippen molar-refractivity contribution in [3.8, 4) is 5.75 Å². The van der Waals surface area contributed by atoms with Gasteiger partial charge in [0.25, 0.3) is 0 Å². The van der Waals surface area contributed by atoms with Crippen molar-refractivity contribution in [3.63, 3.8) is 0 Å². The third-order valence-corrected chi connectivity index (χ3v) is 5.29. The number of halogens is 1. The molecule has 1 aliphatic heterocycles. The molecule has 0 radical (unpaired) electrons. The molecule has 0 aliphatic carbocycles. The van der Waals surface area contributed by atoms with Gasteiger partial charge in [-0.25, -0.2) is 0 Å². The molecular weight excluding hydrogens is 376 g/mol. The summed E-state index contributed by atoms with van der Waals surface area (Å²) in [6.07, 6.45) is 1.56. The van der Waals surface area contributed by atoms with Gasteiger partial charge in [-0.3, -0.25) is 4.79 Å². The van der Waals surface area contributed by atoms with E-state index in [1.165, 1.54) is 0 Å². The van der Waals surface area contributed by atoms with Gasteiger partial charge in [0.1, 0.15) is 12.4 Å². The van der Waals surface area contributed by atoms with E-state index in [0.29, 0.717) is 13.2 Å². The van der Waals surface area contributed by atoms with Crippen molar-refractivity contribution >= 4 is 24.0 Å². The van der Waals surface area contributed by atoms with E-state index in [1.54, 1.807) is 7.11 Å². The van der Waals surface area contributed by atoms with Crippen LogP contribution in [0.1, 0.15) is 24.0 Å². The molecule has 6 heteroatoms. The summed E-state index contributed by atoms with van der Waals surface area (Å²) in [4.78, 5) is 13.1. The molecule has 0 saturated carbocycles. The van der Waals surface area contributed by atoms with Crippen LogP contribution in [-0.4, -0.2) is 32.7 Å². The SMILES string of the molecule is COCC1(C(=O)Nc2cccc(COc3ccccc3)c2C)CCNCC1.Cl. The summed E-state index contributed by atoms with van der Waals surface area (Å²) >= 11 is 0. The topological polar surface area (TPSA) is 59.6 Å². The monoisotopic (exact) mass is 404 g/mol. The van der Waals surface area contributed by atoms with Crippen LogP contribution in [0.2, 0.25) is 0 Å². The molecule has 3 rings (SSSR count). The maximum atomic E-state index is 13.1. The number of piperidine rings is 1. The second-order valence-electron chi connectivity index (χ2n) is 7.11. The van der Waals surface area contributed by atoms with Gasteiger partial charge in [-0.15, -0.1) is 12.4 Å². The highest BCUT2D eigenvalue weighted by atomic mass is 35.5. The molecule has 1 fully saturated rings. The molecule has 152 valence electrons. The number of methoxy groups -OCH3 is 1. The van der Waals surface area contributed by atoms with Crippen LogP contribution in [0.4, 0.5) is 5.69 Å². The number of hydrogen-bond donors (Lipinski definition) is 2. The van der Waals surface area contributed by atoms with Gasteiger partial charge in [-0.2, -0.15) is 0 Å². The number of nitrogens with one attached hydrogen (secondary N) is 2. The number of para-hydroxylation sites is 1. The molecule has 2 N–H and O–H groups in total. The minimum Gasteiger partial charge on any atom is -0.489 e. The predicted octanol–water partition coefficient (Wildman–Crippen LogP) is 3.95. The molecule has 1 amide bonds. The molecule has 28 heavy (non-hydrogen) atoms. The summed E-state index contributed by atoms with van der Waals surface area (Å²) in [5, 5.41) is 6.46. The highest BCUT2D eigenvalue weighted by Crippen LogP contribution is 2.32. The Labute approximate surface area is 173 Å². The van der Waals surface area contributed by atoms with Gasteiger partial charge in [0.05, 0.1) is 12.0 Å². The molecular formula is C22H29ClN2O3. The molecule has 5 nitrogen and oxygen atoms in total. The lowest BCUT2D eigenvalue weighted by atomic mass is 9.78. The van der Waals surface area contributed by atoms with Crippen LogP contribution in [0.5, 0.6) is 5.75 Å². The van der Waals surface area contributed by atoms with E-state index in [-0.39, 0.29) is 18.3 Å². The van der Waals surface area contributed by atoms with Gasteiger partial charge in [0.15, 0.2) is 0 Å². The minimum absolute atomic E-state index is 0. The van der Waals surface area contributed by atoms with E-state index in [2.05, 4.69) is 10.6 Å². The Morgan fingerprint density at radius 2 is 1.82 bits per heavy atom. The zero-order chi connectivity index (χ0) is 19.1. The fourth-order valence-corrected chi connectivity index (χ4v) is 3.53. The van der Waals surface area contributed by atoms with E-state index in [4.69, 9.17) is 9.47 Å². The zero-order valence-electron chi connectivity index (χ0n) is 16.5. The Morgan fingerprint density at radius 1 is 1.11 bits per heavy atom. The Bertz CT molecular complexity index is 756. The minimum atomic E-state index is -0.469. The fraction of sp³-hybridized carbons (Fsp3) is 0.409. The van der Waals surface area contributed by atoms with Crippen LogP contribution in [-0.2, 0) is 16.1 Å². The first kappa shape index (κ1) is 22.2. The van der Waals surface area contributed by atoms with E-state index in [1.807, 2.05) is 55.5 Å². The quantitative estimate of drug-likeness (QED) is 0.733. The second-order valence-corrected chi connectivity index (χ2v) is 7.11. The van der Waals surface area contributed by atoms with Crippen LogP contribution >= 0.6 is 12.4 Å². The highest BCUT2D eigenvalue weighted by molar-refractivity contribution is 5.96. The average molecular weight is 405 g/mol. The molecule has 2 aromatic carbocycles. The Balaban J connectivity index is 0.00000280. The first-order chi connectivity index (χ1) is 13.1. The Morgan fingerprint density at radius 3 is 2.50 bits per heavy atom. The van der Waals surface area contributed by atoms with Gasteiger partial charge < -0.3 is 20.1 Å². The predicted molar refractivity (Wildman–Crippen MR) is 114 cm³/mol. The zero-order valence-corrected chi connectivity index (χ0v) is 17.3. The van der Waals surface area contributed by atoms with E-state index < -0.39 is 5.41 Å². The van der Waals surface area contributed by atoms with Crippen molar-refractivity contribution in [3.05, 3.63) is 59.7 Å². The number of hydrogen-bond acceptors (Lipinski definition) is 4. The van der Waals surface area contributed by atoms with Gasteiger partial charge in [-0.1, -0.05) is 30.3 Å². The standard InChI is InChI=1S/C22H28N2O3.ClH/c1-17-18(15-27-19-8-4-3-5-9-19)7-6-10-20(17)24-21(25)22(16-26-2)11-13-23-14-12-22;/h3-10,23H,11-16H2,1-2H3,(H,24,25);1H. The molecule has 0 aromatic heterocycles. The first-order valence-electron chi connectivity index (χ1n) is 9.42. The van der Waals surface area contributed by atoms with E-state index >= 15 is 0 Å². The van der Waals surface area contributed by atoms with E-state index in [9.17, 15) is 4.79 Å². The molecule has 1 aliphatic rings. The van der Waals surface area contributed by atoms with Crippen LogP contribution < -0.4 is 15.4 Å². The average Bonchev–Trinajstić information content (AvgIpc) is 2.70. The van der Waals surface area contributed by atoms with Crippen molar-refractivity contribution in [2.45, 2.75) is 26.4 Å². The van der Waals surface area contributed by atoms with Crippen LogP contribution in [0.15, 0.2) is 48.5 Å². The van der Waals surface area contributed by atoms with Crippen molar-refractivity contribution in [1.82, 2.24) is 5.32 Å². The normalized spacial score (nSPS) is 15.4. The van der Waals surface area contributed by atoms with E-state index in [0.717, 1.165) is 48.5 Å². The second kappa shape index (κ2) is 10.5. The van der Waals surface area contributed by atoms with Crippen LogP contribution in [0.3, 0.4) is 0 Å². The Kier molecular flexibility index (Phi) is 8.30. The summed E-state index contributed by atoms with van der Waals surface area (Å²) in [6, 6.07) is 15.7. The number of carbonyl (C=O) groups excluding carboxylic acids is 1. The summed E-state index contributed by atoms with van der Waals surface area (Å²) in [6.45, 7) is 4.59. The summed E-state index contributed by atoms with van der Waals surface area (Å²) in [5.41, 5.74) is 2.46. The lowest BCUT2D eigenvalue weighted by Gasteiger charge is -2.35. The van der Waals surface area contributed by atoms with Crippen LogP contribution in [0.25, 0.3) is 0 Å². The molecule has 0 atom stereocenters. The number of carbonyl (C=O) groups is 1. The molecule has 0 spiro atoms. The maximum Gasteiger partial charge on any atom is 0.233 e. The smallest absolute Gasteiger partial charge is 0.233 e. The number of amides is 1. The largest absolute Gasteiger partial charge is 0.489 e. The van der Waals surface area contributed by atoms with Gasteiger partial charge in [-0.05, 0) is 62.2 Å². The van der Waals surface area contributed by atoms with Crippen molar-refractivity contribution < 1.29 is 14.3 Å². The highest BCUT2D eigenvalue weighted by Gasteiger charge is 2.39. The van der Waals surface area contributed by atoms with Gasteiger partial charge >= 0.3 is 0 Å². The third kappa shape index (κ3) is 5.25. The van der Waals surface area contributed by atoms with Crippen molar-refractivity contribution in [1.29, 1.82) is 0 Å². The van der Waals surface area contributed by atoms with Gasteiger partial charge in [0.2, 0.25) is 5.91 Å². The third-order valence-electron chi connectivity index (χ3n) is 5.29. The van der Waals surface area contributed by atoms with Crippen molar-refractivity contribution in [2.75, 3.05) is 32.1 Å². The molecule has 0 bridgehead atoms. The summed E-state index contributed by atoms with van der Waals surface area (Å²) in [5.74, 6) is 0.871. The number of ether oxygens (including phenoxy) is 2. The maximum absolute atomic E-state index is 13.1. The Hall–Kier alpha value is -2.08. The first-order valence-corrected chi connectivity index (χ1v) is 9.42. The number of anilines is 1. The lowest BCUT2D eigenvalue weighted by molar-refractivity contribution is -0.130. The molecule has 2 aromatic rings.